The number of hydrogen-bond donors (Lipinski definition) is 1. The summed E-state index contributed by atoms with van der Waals surface area (Å²) in [7, 11) is 0. The molecule has 1 rings (SSSR count). The van der Waals surface area contributed by atoms with Gasteiger partial charge in [-0.15, -0.1) is 0 Å². The number of hydrogen-bond acceptors (Lipinski definition) is 3. The van der Waals surface area contributed by atoms with E-state index in [-0.39, 0.29) is 0 Å². The van der Waals surface area contributed by atoms with Crippen LogP contribution in [0, 0.1) is 5.92 Å². The molecule has 0 aromatic heterocycles. The van der Waals surface area contributed by atoms with Crippen LogP contribution in [0.3, 0.4) is 0 Å². The van der Waals surface area contributed by atoms with Crippen LogP contribution < -0.4 is 5.73 Å². The summed E-state index contributed by atoms with van der Waals surface area (Å²) < 4.78 is 0. The van der Waals surface area contributed by atoms with Crippen molar-refractivity contribution >= 4 is 0 Å². The van der Waals surface area contributed by atoms with Gasteiger partial charge in [0.25, 0.3) is 0 Å². The maximum absolute atomic E-state index is 6.21. The van der Waals surface area contributed by atoms with Gasteiger partial charge in [0.2, 0.25) is 0 Å². The molecule has 0 radical (unpaired) electrons. The molecule has 0 amide bonds. The van der Waals surface area contributed by atoms with Crippen molar-refractivity contribution in [3.63, 3.8) is 0 Å². The molecule has 3 nitrogen and oxygen atoms in total. The van der Waals surface area contributed by atoms with Crippen molar-refractivity contribution < 1.29 is 0 Å². The van der Waals surface area contributed by atoms with Gasteiger partial charge >= 0.3 is 0 Å². The lowest BCUT2D eigenvalue weighted by molar-refractivity contribution is 0.0255. The van der Waals surface area contributed by atoms with Gasteiger partial charge in [0.15, 0.2) is 0 Å². The number of piperazine rings is 1. The molecule has 0 aliphatic carbocycles. The van der Waals surface area contributed by atoms with Gasteiger partial charge < -0.3 is 5.73 Å². The minimum Gasteiger partial charge on any atom is -0.327 e. The highest BCUT2D eigenvalue weighted by molar-refractivity contribution is 4.87. The van der Waals surface area contributed by atoms with Crippen LogP contribution >= 0.6 is 0 Å². The molecule has 1 aliphatic rings. The smallest absolute Gasteiger partial charge is 0.0198 e. The topological polar surface area (TPSA) is 32.5 Å². The first kappa shape index (κ1) is 17.9. The Kier molecular flexibility index (Phi) is 8.08. The molecule has 0 aromatic rings. The molecule has 0 bridgehead atoms. The number of rotatable bonds is 8. The van der Waals surface area contributed by atoms with E-state index in [0.717, 1.165) is 18.9 Å². The molecule has 20 heavy (non-hydrogen) atoms. The SMILES string of the molecule is CCCC(C)CN1C(C)CN(CC(N)CCC)CC1C. The van der Waals surface area contributed by atoms with E-state index in [1.165, 1.54) is 38.9 Å². The molecule has 1 fully saturated rings. The minimum atomic E-state index is 0.352. The maximum atomic E-state index is 6.21. The molecule has 0 saturated carbocycles. The van der Waals surface area contributed by atoms with Crippen LogP contribution in [0.4, 0.5) is 0 Å². The van der Waals surface area contributed by atoms with E-state index >= 15 is 0 Å². The lowest BCUT2D eigenvalue weighted by atomic mass is 10.0. The van der Waals surface area contributed by atoms with E-state index in [9.17, 15) is 0 Å². The van der Waals surface area contributed by atoms with Crippen LogP contribution in [0.2, 0.25) is 0 Å². The van der Waals surface area contributed by atoms with Gasteiger partial charge in [0, 0.05) is 44.3 Å². The van der Waals surface area contributed by atoms with Gasteiger partial charge in [0.1, 0.15) is 0 Å². The highest BCUT2D eigenvalue weighted by atomic mass is 15.3. The molecule has 0 aromatic carbocycles. The minimum absolute atomic E-state index is 0.352. The third-order valence-corrected chi connectivity index (χ3v) is 4.63. The maximum Gasteiger partial charge on any atom is 0.0198 e. The Hall–Kier alpha value is -0.120. The second-order valence-corrected chi connectivity index (χ2v) is 7.06. The van der Waals surface area contributed by atoms with Crippen molar-refractivity contribution in [2.24, 2.45) is 11.7 Å². The Labute approximate surface area is 126 Å². The van der Waals surface area contributed by atoms with Crippen molar-refractivity contribution in [3.05, 3.63) is 0 Å². The first-order valence-corrected chi connectivity index (χ1v) is 8.71. The molecule has 4 atom stereocenters. The Balaban J connectivity index is 2.45. The van der Waals surface area contributed by atoms with Crippen molar-refractivity contribution in [2.45, 2.75) is 78.4 Å². The third kappa shape index (κ3) is 5.71. The van der Waals surface area contributed by atoms with Crippen LogP contribution in [-0.4, -0.2) is 54.1 Å². The first-order valence-electron chi connectivity index (χ1n) is 8.71. The van der Waals surface area contributed by atoms with Crippen LogP contribution in [0.5, 0.6) is 0 Å². The van der Waals surface area contributed by atoms with Crippen molar-refractivity contribution in [1.29, 1.82) is 0 Å². The summed E-state index contributed by atoms with van der Waals surface area (Å²) in [5.74, 6) is 0.818. The average Bonchev–Trinajstić information content (AvgIpc) is 2.34. The average molecular weight is 284 g/mol. The van der Waals surface area contributed by atoms with E-state index < -0.39 is 0 Å². The molecule has 1 heterocycles. The van der Waals surface area contributed by atoms with E-state index in [2.05, 4.69) is 44.4 Å². The zero-order valence-corrected chi connectivity index (χ0v) is 14.4. The molecular formula is C17H37N3. The molecule has 120 valence electrons. The Bertz CT molecular complexity index is 245. The lowest BCUT2D eigenvalue weighted by Gasteiger charge is -2.46. The molecule has 3 heteroatoms. The first-order chi connectivity index (χ1) is 9.47. The largest absolute Gasteiger partial charge is 0.327 e. The molecule has 0 spiro atoms. The summed E-state index contributed by atoms with van der Waals surface area (Å²) in [4.78, 5) is 5.29. The summed E-state index contributed by atoms with van der Waals surface area (Å²) in [6, 6.07) is 1.67. The zero-order valence-electron chi connectivity index (χ0n) is 14.4. The van der Waals surface area contributed by atoms with Crippen molar-refractivity contribution in [2.75, 3.05) is 26.2 Å². The Morgan fingerprint density at radius 1 is 1.00 bits per heavy atom. The van der Waals surface area contributed by atoms with Crippen molar-refractivity contribution in [1.82, 2.24) is 9.80 Å². The van der Waals surface area contributed by atoms with E-state index in [0.29, 0.717) is 18.1 Å². The van der Waals surface area contributed by atoms with E-state index in [1.54, 1.807) is 0 Å². The van der Waals surface area contributed by atoms with Crippen molar-refractivity contribution in [3.8, 4) is 0 Å². The summed E-state index contributed by atoms with van der Waals surface area (Å²) in [6.45, 7) is 16.4. The fourth-order valence-corrected chi connectivity index (χ4v) is 3.71. The summed E-state index contributed by atoms with van der Waals surface area (Å²) in [6.07, 6.45) is 4.99. The fraction of sp³-hybridized carbons (Fsp3) is 1.00. The quantitative estimate of drug-likeness (QED) is 0.743. The number of nitrogens with zero attached hydrogens (tertiary/aromatic N) is 2. The molecule has 4 unspecified atom stereocenters. The molecule has 1 aliphatic heterocycles. The zero-order chi connectivity index (χ0) is 15.1. The Morgan fingerprint density at radius 3 is 2.05 bits per heavy atom. The predicted molar refractivity (Wildman–Crippen MR) is 89.0 cm³/mol. The van der Waals surface area contributed by atoms with Gasteiger partial charge in [-0.3, -0.25) is 9.80 Å². The monoisotopic (exact) mass is 283 g/mol. The summed E-state index contributed by atoms with van der Waals surface area (Å²) in [5.41, 5.74) is 6.21. The summed E-state index contributed by atoms with van der Waals surface area (Å²) in [5, 5.41) is 0. The Morgan fingerprint density at radius 2 is 1.55 bits per heavy atom. The standard InChI is InChI=1S/C17H37N3/c1-6-8-14(3)10-20-15(4)11-19(12-16(20)5)13-17(18)9-7-2/h14-17H,6-13,18H2,1-5H3. The normalized spacial score (nSPS) is 28.5. The van der Waals surface area contributed by atoms with Crippen LogP contribution in [0.25, 0.3) is 0 Å². The van der Waals surface area contributed by atoms with Gasteiger partial charge in [0.05, 0.1) is 0 Å². The predicted octanol–water partition coefficient (Wildman–Crippen LogP) is 2.94. The number of nitrogens with two attached hydrogens (primary N) is 1. The molecule has 2 N–H and O–H groups in total. The lowest BCUT2D eigenvalue weighted by Crippen LogP contribution is -2.59. The second-order valence-electron chi connectivity index (χ2n) is 7.06. The highest BCUT2D eigenvalue weighted by Gasteiger charge is 2.30. The van der Waals surface area contributed by atoms with Gasteiger partial charge in [-0.2, -0.15) is 0 Å². The van der Waals surface area contributed by atoms with Gasteiger partial charge in [-0.05, 0) is 32.6 Å². The van der Waals surface area contributed by atoms with Crippen LogP contribution in [0.1, 0.15) is 60.3 Å². The fourth-order valence-electron chi connectivity index (χ4n) is 3.71. The van der Waals surface area contributed by atoms with E-state index in [1.807, 2.05) is 0 Å². The third-order valence-electron chi connectivity index (χ3n) is 4.63. The van der Waals surface area contributed by atoms with E-state index in [4.69, 9.17) is 5.73 Å². The van der Waals surface area contributed by atoms with Crippen LogP contribution in [0.15, 0.2) is 0 Å². The van der Waals surface area contributed by atoms with Gasteiger partial charge in [-0.25, -0.2) is 0 Å². The molecule has 1 saturated heterocycles. The second kappa shape index (κ2) is 9.01. The van der Waals surface area contributed by atoms with Crippen LogP contribution in [-0.2, 0) is 0 Å². The molecular weight excluding hydrogens is 246 g/mol. The highest BCUT2D eigenvalue weighted by Crippen LogP contribution is 2.19. The summed E-state index contributed by atoms with van der Waals surface area (Å²) >= 11 is 0. The van der Waals surface area contributed by atoms with Gasteiger partial charge in [-0.1, -0.05) is 33.6 Å².